The summed E-state index contributed by atoms with van der Waals surface area (Å²) in [6.07, 6.45) is 2.84. The average Bonchev–Trinajstić information content (AvgIpc) is 2.68. The molecule has 0 radical (unpaired) electrons. The molecule has 1 atom stereocenters. The van der Waals surface area contributed by atoms with Crippen molar-refractivity contribution in [1.29, 1.82) is 0 Å². The highest BCUT2D eigenvalue weighted by atomic mass is 19.1. The van der Waals surface area contributed by atoms with Crippen molar-refractivity contribution in [2.45, 2.75) is 38.7 Å². The Labute approximate surface area is 154 Å². The Morgan fingerprint density at radius 2 is 1.88 bits per heavy atom. The molecule has 2 aromatic carbocycles. The molecule has 4 heteroatoms. The predicted molar refractivity (Wildman–Crippen MR) is 101 cm³/mol. The summed E-state index contributed by atoms with van der Waals surface area (Å²) in [6.45, 7) is 2.91. The Kier molecular flexibility index (Phi) is 6.04. The number of aryl methyl sites for hydroxylation is 2. The van der Waals surface area contributed by atoms with Gasteiger partial charge >= 0.3 is 0 Å². The minimum Gasteiger partial charge on any atom is -0.393 e. The summed E-state index contributed by atoms with van der Waals surface area (Å²) in [6, 6.07) is 14.8. The summed E-state index contributed by atoms with van der Waals surface area (Å²) >= 11 is 0. The van der Waals surface area contributed by atoms with Gasteiger partial charge in [-0.15, -0.1) is 0 Å². The fourth-order valence-electron chi connectivity index (χ4n) is 3.59. The van der Waals surface area contributed by atoms with Crippen LogP contribution in [0, 0.1) is 18.7 Å². The van der Waals surface area contributed by atoms with Gasteiger partial charge in [-0.05, 0) is 61.8 Å². The third kappa shape index (κ3) is 4.50. The summed E-state index contributed by atoms with van der Waals surface area (Å²) < 4.78 is 13.7. The van der Waals surface area contributed by atoms with E-state index < -0.39 is 0 Å². The SMILES string of the molecule is Cc1ccc(C(=O)N2CCC(C(O)CCc3ccccc3)CC2)cc1F. The second-order valence-corrected chi connectivity index (χ2v) is 7.19. The second kappa shape index (κ2) is 8.45. The number of carbonyl (C=O) groups is 1. The normalized spacial score (nSPS) is 16.5. The van der Waals surface area contributed by atoms with Crippen LogP contribution in [0.3, 0.4) is 0 Å². The van der Waals surface area contributed by atoms with E-state index in [1.165, 1.54) is 11.6 Å². The molecule has 1 N–H and O–H groups in total. The summed E-state index contributed by atoms with van der Waals surface area (Å²) in [5.74, 6) is -0.249. The van der Waals surface area contributed by atoms with E-state index in [1.54, 1.807) is 24.0 Å². The van der Waals surface area contributed by atoms with Crippen molar-refractivity contribution < 1.29 is 14.3 Å². The van der Waals surface area contributed by atoms with E-state index in [0.29, 0.717) is 24.2 Å². The molecule has 0 aliphatic carbocycles. The van der Waals surface area contributed by atoms with E-state index >= 15 is 0 Å². The monoisotopic (exact) mass is 355 g/mol. The lowest BCUT2D eigenvalue weighted by Crippen LogP contribution is -2.41. The molecule has 0 aromatic heterocycles. The molecular formula is C22H26FNO2. The smallest absolute Gasteiger partial charge is 0.253 e. The fraction of sp³-hybridized carbons (Fsp3) is 0.409. The van der Waals surface area contributed by atoms with Crippen LogP contribution in [-0.2, 0) is 6.42 Å². The highest BCUT2D eigenvalue weighted by Crippen LogP contribution is 2.25. The zero-order valence-corrected chi connectivity index (χ0v) is 15.2. The van der Waals surface area contributed by atoms with Crippen molar-refractivity contribution in [3.05, 3.63) is 71.0 Å². The molecule has 0 bridgehead atoms. The van der Waals surface area contributed by atoms with Crippen LogP contribution in [0.5, 0.6) is 0 Å². The van der Waals surface area contributed by atoms with E-state index in [4.69, 9.17) is 0 Å². The molecule has 1 heterocycles. The molecule has 138 valence electrons. The number of aliphatic hydroxyl groups excluding tert-OH is 1. The number of carbonyl (C=O) groups excluding carboxylic acids is 1. The van der Waals surface area contributed by atoms with Gasteiger partial charge in [0.25, 0.3) is 5.91 Å². The summed E-state index contributed by atoms with van der Waals surface area (Å²) in [5.41, 5.74) is 2.18. The maximum absolute atomic E-state index is 13.7. The highest BCUT2D eigenvalue weighted by molar-refractivity contribution is 5.94. The first-order valence-electron chi connectivity index (χ1n) is 9.32. The predicted octanol–water partition coefficient (Wildman–Crippen LogP) is 3.98. The lowest BCUT2D eigenvalue weighted by atomic mass is 9.88. The van der Waals surface area contributed by atoms with E-state index in [2.05, 4.69) is 12.1 Å². The standard InChI is InChI=1S/C22H26FNO2/c1-16-7-9-19(15-20(16)23)22(26)24-13-11-18(12-14-24)21(25)10-8-17-5-3-2-4-6-17/h2-7,9,15,18,21,25H,8,10-14H2,1H3. The number of halogens is 1. The van der Waals surface area contributed by atoms with Gasteiger partial charge < -0.3 is 10.0 Å². The Morgan fingerprint density at radius 1 is 1.19 bits per heavy atom. The van der Waals surface area contributed by atoms with E-state index in [0.717, 1.165) is 25.7 Å². The Balaban J connectivity index is 1.50. The van der Waals surface area contributed by atoms with Crippen molar-refractivity contribution in [3.8, 4) is 0 Å². The van der Waals surface area contributed by atoms with Crippen LogP contribution in [0.25, 0.3) is 0 Å². The molecule has 0 spiro atoms. The van der Waals surface area contributed by atoms with Gasteiger partial charge in [-0.2, -0.15) is 0 Å². The second-order valence-electron chi connectivity index (χ2n) is 7.19. The Bertz CT molecular complexity index is 739. The van der Waals surface area contributed by atoms with Gasteiger partial charge in [0.15, 0.2) is 0 Å². The zero-order valence-electron chi connectivity index (χ0n) is 15.2. The van der Waals surface area contributed by atoms with Gasteiger partial charge in [0.1, 0.15) is 5.82 Å². The number of rotatable bonds is 5. The van der Waals surface area contributed by atoms with E-state index in [9.17, 15) is 14.3 Å². The fourth-order valence-corrected chi connectivity index (χ4v) is 3.59. The third-order valence-electron chi connectivity index (χ3n) is 5.36. The van der Waals surface area contributed by atoms with Crippen molar-refractivity contribution in [2.75, 3.05) is 13.1 Å². The minimum atomic E-state index is -0.345. The molecule has 1 fully saturated rings. The lowest BCUT2D eigenvalue weighted by molar-refractivity contribution is 0.0436. The maximum Gasteiger partial charge on any atom is 0.253 e. The Hall–Kier alpha value is -2.20. The van der Waals surface area contributed by atoms with Crippen molar-refractivity contribution in [3.63, 3.8) is 0 Å². The molecule has 26 heavy (non-hydrogen) atoms. The number of amides is 1. The van der Waals surface area contributed by atoms with Crippen LogP contribution in [-0.4, -0.2) is 35.1 Å². The Morgan fingerprint density at radius 3 is 2.54 bits per heavy atom. The molecular weight excluding hydrogens is 329 g/mol. The topological polar surface area (TPSA) is 40.5 Å². The molecule has 1 aliphatic rings. The molecule has 0 saturated carbocycles. The van der Waals surface area contributed by atoms with E-state index in [-0.39, 0.29) is 23.7 Å². The van der Waals surface area contributed by atoms with Crippen molar-refractivity contribution >= 4 is 5.91 Å². The summed E-state index contributed by atoms with van der Waals surface area (Å²) in [7, 11) is 0. The van der Waals surface area contributed by atoms with Crippen LogP contribution in [0.2, 0.25) is 0 Å². The third-order valence-corrected chi connectivity index (χ3v) is 5.36. The first-order valence-corrected chi connectivity index (χ1v) is 9.32. The van der Waals surface area contributed by atoms with Crippen LogP contribution in [0.1, 0.15) is 40.7 Å². The maximum atomic E-state index is 13.7. The number of nitrogens with zero attached hydrogens (tertiary/aromatic N) is 1. The molecule has 1 amide bonds. The van der Waals surface area contributed by atoms with Gasteiger partial charge in [0.2, 0.25) is 0 Å². The van der Waals surface area contributed by atoms with Gasteiger partial charge in [-0.1, -0.05) is 36.4 Å². The number of likely N-dealkylation sites (tertiary alicyclic amines) is 1. The number of hydrogen-bond donors (Lipinski definition) is 1. The number of piperidine rings is 1. The first-order chi connectivity index (χ1) is 12.5. The molecule has 2 aromatic rings. The molecule has 1 unspecified atom stereocenters. The molecule has 3 nitrogen and oxygen atoms in total. The van der Waals surface area contributed by atoms with Gasteiger partial charge in [-0.25, -0.2) is 4.39 Å². The van der Waals surface area contributed by atoms with Gasteiger partial charge in [0, 0.05) is 18.7 Å². The number of hydrogen-bond acceptors (Lipinski definition) is 2. The lowest BCUT2D eigenvalue weighted by Gasteiger charge is -2.34. The number of benzene rings is 2. The molecule has 3 rings (SSSR count). The minimum absolute atomic E-state index is 0.124. The summed E-state index contributed by atoms with van der Waals surface area (Å²) in [4.78, 5) is 14.3. The van der Waals surface area contributed by atoms with Crippen LogP contribution < -0.4 is 0 Å². The van der Waals surface area contributed by atoms with E-state index in [1.807, 2.05) is 18.2 Å². The zero-order chi connectivity index (χ0) is 18.5. The van der Waals surface area contributed by atoms with Gasteiger partial charge in [0.05, 0.1) is 6.10 Å². The summed E-state index contributed by atoms with van der Waals surface area (Å²) in [5, 5.41) is 10.5. The van der Waals surface area contributed by atoms with Crippen molar-refractivity contribution in [2.24, 2.45) is 5.92 Å². The average molecular weight is 355 g/mol. The van der Waals surface area contributed by atoms with Crippen molar-refractivity contribution in [1.82, 2.24) is 4.90 Å². The highest BCUT2D eigenvalue weighted by Gasteiger charge is 2.28. The molecule has 1 aliphatic heterocycles. The quantitative estimate of drug-likeness (QED) is 0.881. The first kappa shape index (κ1) is 18.6. The van der Waals surface area contributed by atoms with Gasteiger partial charge in [-0.3, -0.25) is 4.79 Å². The largest absolute Gasteiger partial charge is 0.393 e. The van der Waals surface area contributed by atoms with Crippen LogP contribution >= 0.6 is 0 Å². The van der Waals surface area contributed by atoms with Crippen LogP contribution in [0.4, 0.5) is 4.39 Å². The van der Waals surface area contributed by atoms with Crippen LogP contribution in [0.15, 0.2) is 48.5 Å². The molecule has 1 saturated heterocycles. The number of aliphatic hydroxyl groups is 1.